The zero-order valence-electron chi connectivity index (χ0n) is 12.2. The first-order valence-electron chi connectivity index (χ1n) is 6.85. The van der Waals surface area contributed by atoms with Crippen molar-refractivity contribution in [2.45, 2.75) is 47.1 Å². The van der Waals surface area contributed by atoms with Crippen molar-refractivity contribution >= 4 is 22.8 Å². The van der Waals surface area contributed by atoms with Gasteiger partial charge < -0.3 is 4.57 Å². The Morgan fingerprint density at radius 3 is 2.63 bits per heavy atom. The minimum atomic E-state index is 0.236. The van der Waals surface area contributed by atoms with Crippen molar-refractivity contribution in [1.82, 2.24) is 14.5 Å². The number of halogens is 1. The van der Waals surface area contributed by atoms with Gasteiger partial charge in [0.25, 0.3) is 0 Å². The van der Waals surface area contributed by atoms with Crippen LogP contribution in [0.15, 0.2) is 12.1 Å². The number of nitrogens with zero attached hydrogens (tertiary/aromatic N) is 3. The Hall–Kier alpha value is -1.09. The van der Waals surface area contributed by atoms with E-state index in [9.17, 15) is 0 Å². The molecule has 0 N–H and O–H groups in total. The van der Waals surface area contributed by atoms with E-state index in [2.05, 4.69) is 35.3 Å². The number of fused-ring (bicyclic) bond motifs is 1. The molecule has 0 unspecified atom stereocenters. The number of aryl methyl sites for hydroxylation is 2. The topological polar surface area (TPSA) is 30.7 Å². The Balaban J connectivity index is 2.53. The standard InChI is InChI=1S/C15H22ClN3/c1-5-15(3,4)10-19-13(8-9-16)18-12-7-6-11(2)17-14(12)19/h6-7H,5,8-10H2,1-4H3. The maximum Gasteiger partial charge on any atom is 0.160 e. The van der Waals surface area contributed by atoms with E-state index in [1.165, 1.54) is 0 Å². The van der Waals surface area contributed by atoms with Crippen LogP contribution in [-0.4, -0.2) is 20.4 Å². The highest BCUT2D eigenvalue weighted by atomic mass is 35.5. The van der Waals surface area contributed by atoms with Crippen LogP contribution in [0, 0.1) is 12.3 Å². The zero-order chi connectivity index (χ0) is 14.0. The van der Waals surface area contributed by atoms with Gasteiger partial charge in [-0.3, -0.25) is 0 Å². The predicted octanol–water partition coefficient (Wildman–Crippen LogP) is 3.96. The van der Waals surface area contributed by atoms with E-state index < -0.39 is 0 Å². The van der Waals surface area contributed by atoms with Crippen molar-refractivity contribution in [3.8, 4) is 0 Å². The molecule has 0 fully saturated rings. The molecule has 0 aliphatic carbocycles. The van der Waals surface area contributed by atoms with Crippen molar-refractivity contribution < 1.29 is 0 Å². The summed E-state index contributed by atoms with van der Waals surface area (Å²) in [6.07, 6.45) is 1.91. The third-order valence-corrected chi connectivity index (χ3v) is 3.86. The summed E-state index contributed by atoms with van der Waals surface area (Å²) in [5.41, 5.74) is 3.22. The average Bonchev–Trinajstić information content (AvgIpc) is 2.68. The molecule has 0 aliphatic rings. The summed E-state index contributed by atoms with van der Waals surface area (Å²) >= 11 is 5.90. The number of rotatable bonds is 5. The third-order valence-electron chi connectivity index (χ3n) is 3.67. The van der Waals surface area contributed by atoms with Crippen molar-refractivity contribution in [1.29, 1.82) is 0 Å². The molecular weight excluding hydrogens is 258 g/mol. The van der Waals surface area contributed by atoms with Crippen LogP contribution >= 0.6 is 11.6 Å². The second-order valence-corrected chi connectivity index (χ2v) is 6.24. The van der Waals surface area contributed by atoms with Gasteiger partial charge in [-0.1, -0.05) is 20.8 Å². The number of imidazole rings is 1. The molecule has 0 saturated carbocycles. The molecule has 0 atom stereocenters. The minimum Gasteiger partial charge on any atom is -0.312 e. The number of alkyl halides is 1. The molecule has 0 aliphatic heterocycles. The Labute approximate surface area is 120 Å². The quantitative estimate of drug-likeness (QED) is 0.776. The van der Waals surface area contributed by atoms with Gasteiger partial charge >= 0.3 is 0 Å². The summed E-state index contributed by atoms with van der Waals surface area (Å²) in [4.78, 5) is 9.33. The average molecular weight is 280 g/mol. The Morgan fingerprint density at radius 2 is 2.00 bits per heavy atom. The number of pyridine rings is 1. The second kappa shape index (κ2) is 5.49. The van der Waals surface area contributed by atoms with Crippen LogP contribution in [0.1, 0.15) is 38.7 Å². The fourth-order valence-electron chi connectivity index (χ4n) is 2.12. The maximum absolute atomic E-state index is 5.90. The molecule has 19 heavy (non-hydrogen) atoms. The Kier molecular flexibility index (Phi) is 4.14. The first kappa shape index (κ1) is 14.3. The number of aromatic nitrogens is 3. The van der Waals surface area contributed by atoms with E-state index in [1.54, 1.807) is 0 Å². The highest BCUT2D eigenvalue weighted by Gasteiger charge is 2.20. The predicted molar refractivity (Wildman–Crippen MR) is 80.8 cm³/mol. The van der Waals surface area contributed by atoms with Gasteiger partial charge in [0, 0.05) is 24.5 Å². The first-order chi connectivity index (χ1) is 8.96. The van der Waals surface area contributed by atoms with E-state index in [4.69, 9.17) is 11.6 Å². The lowest BCUT2D eigenvalue weighted by Crippen LogP contribution is -2.20. The molecule has 0 amide bonds. The van der Waals surface area contributed by atoms with Crippen molar-refractivity contribution in [2.75, 3.05) is 5.88 Å². The molecule has 0 saturated heterocycles. The van der Waals surface area contributed by atoms with Crippen molar-refractivity contribution in [3.05, 3.63) is 23.7 Å². The van der Waals surface area contributed by atoms with E-state index in [1.807, 2.05) is 19.1 Å². The summed E-state index contributed by atoms with van der Waals surface area (Å²) in [5.74, 6) is 1.64. The second-order valence-electron chi connectivity index (χ2n) is 5.87. The molecule has 0 aromatic carbocycles. The van der Waals surface area contributed by atoms with Crippen LogP contribution in [0.3, 0.4) is 0 Å². The summed E-state index contributed by atoms with van der Waals surface area (Å²) < 4.78 is 2.24. The van der Waals surface area contributed by atoms with Gasteiger partial charge in [-0.15, -0.1) is 11.6 Å². The van der Waals surface area contributed by atoms with Gasteiger partial charge in [-0.2, -0.15) is 0 Å². The third kappa shape index (κ3) is 3.08. The highest BCUT2D eigenvalue weighted by molar-refractivity contribution is 6.17. The summed E-state index contributed by atoms with van der Waals surface area (Å²) in [7, 11) is 0. The zero-order valence-corrected chi connectivity index (χ0v) is 13.0. The van der Waals surface area contributed by atoms with Crippen LogP contribution in [0.5, 0.6) is 0 Å². The molecule has 3 nitrogen and oxygen atoms in total. The maximum atomic E-state index is 5.90. The fraction of sp³-hybridized carbons (Fsp3) is 0.600. The van der Waals surface area contributed by atoms with Crippen LogP contribution in [0.2, 0.25) is 0 Å². The van der Waals surface area contributed by atoms with Crippen LogP contribution < -0.4 is 0 Å². The monoisotopic (exact) mass is 279 g/mol. The van der Waals surface area contributed by atoms with E-state index in [0.29, 0.717) is 5.88 Å². The summed E-state index contributed by atoms with van der Waals surface area (Å²) in [5, 5.41) is 0. The SMILES string of the molecule is CCC(C)(C)Cn1c(CCCl)nc2ccc(C)nc21. The van der Waals surface area contributed by atoms with Crippen LogP contribution in [0.25, 0.3) is 11.2 Å². The van der Waals surface area contributed by atoms with Gasteiger partial charge in [0.15, 0.2) is 5.65 Å². The van der Waals surface area contributed by atoms with Gasteiger partial charge in [-0.25, -0.2) is 9.97 Å². The van der Waals surface area contributed by atoms with E-state index in [-0.39, 0.29) is 5.41 Å². The molecule has 2 heterocycles. The summed E-state index contributed by atoms with van der Waals surface area (Å²) in [6, 6.07) is 4.06. The lowest BCUT2D eigenvalue weighted by atomic mass is 9.90. The molecule has 4 heteroatoms. The smallest absolute Gasteiger partial charge is 0.160 e. The summed E-state index contributed by atoms with van der Waals surface area (Å²) in [6.45, 7) is 9.73. The van der Waals surface area contributed by atoms with Gasteiger partial charge in [-0.05, 0) is 30.9 Å². The molecule has 2 aromatic heterocycles. The number of hydrogen-bond donors (Lipinski definition) is 0. The molecule has 0 radical (unpaired) electrons. The highest BCUT2D eigenvalue weighted by Crippen LogP contribution is 2.26. The largest absolute Gasteiger partial charge is 0.312 e. The molecule has 0 spiro atoms. The van der Waals surface area contributed by atoms with Crippen LogP contribution in [-0.2, 0) is 13.0 Å². The minimum absolute atomic E-state index is 0.236. The normalized spacial score (nSPS) is 12.3. The first-order valence-corrected chi connectivity index (χ1v) is 7.39. The number of hydrogen-bond acceptors (Lipinski definition) is 2. The van der Waals surface area contributed by atoms with Gasteiger partial charge in [0.2, 0.25) is 0 Å². The molecule has 0 bridgehead atoms. The lowest BCUT2D eigenvalue weighted by molar-refractivity contribution is 0.294. The molecule has 2 rings (SSSR count). The lowest BCUT2D eigenvalue weighted by Gasteiger charge is -2.24. The van der Waals surface area contributed by atoms with Gasteiger partial charge in [0.1, 0.15) is 11.3 Å². The van der Waals surface area contributed by atoms with E-state index in [0.717, 1.165) is 42.1 Å². The molecular formula is C15H22ClN3. The Bertz CT molecular complexity index is 572. The van der Waals surface area contributed by atoms with Gasteiger partial charge in [0.05, 0.1) is 0 Å². The van der Waals surface area contributed by atoms with Crippen molar-refractivity contribution in [2.24, 2.45) is 5.41 Å². The Morgan fingerprint density at radius 1 is 1.26 bits per heavy atom. The van der Waals surface area contributed by atoms with E-state index >= 15 is 0 Å². The van der Waals surface area contributed by atoms with Crippen molar-refractivity contribution in [3.63, 3.8) is 0 Å². The van der Waals surface area contributed by atoms with Crippen LogP contribution in [0.4, 0.5) is 0 Å². The molecule has 2 aromatic rings. The molecule has 104 valence electrons. The fourth-order valence-corrected chi connectivity index (χ4v) is 2.29.